The first-order valence-corrected chi connectivity index (χ1v) is 5.44. The van der Waals surface area contributed by atoms with Crippen molar-refractivity contribution in [3.05, 3.63) is 0 Å². The van der Waals surface area contributed by atoms with Crippen LogP contribution in [0.2, 0.25) is 0 Å². The Morgan fingerprint density at radius 3 is 2.17 bits per heavy atom. The van der Waals surface area contributed by atoms with E-state index in [9.17, 15) is 14.4 Å². The average Bonchev–Trinajstić information content (AvgIpc) is 2.25. The Hall–Kier alpha value is -1.83. The molecule has 4 N–H and O–H groups in total. The van der Waals surface area contributed by atoms with Crippen LogP contribution >= 0.6 is 0 Å². The maximum absolute atomic E-state index is 11.4. The van der Waals surface area contributed by atoms with E-state index in [1.165, 1.54) is 13.8 Å². The van der Waals surface area contributed by atoms with Crippen molar-refractivity contribution in [3.8, 4) is 0 Å². The van der Waals surface area contributed by atoms with Crippen molar-refractivity contribution < 1.29 is 29.3 Å². The summed E-state index contributed by atoms with van der Waals surface area (Å²) in [4.78, 5) is 33.3. The van der Waals surface area contributed by atoms with Crippen LogP contribution in [-0.4, -0.2) is 53.0 Å². The van der Waals surface area contributed by atoms with Crippen LogP contribution in [0.3, 0.4) is 0 Å². The molecular weight excluding hydrogens is 244 g/mol. The molecule has 0 aromatic rings. The molecule has 3 unspecified atom stereocenters. The Labute approximate surface area is 104 Å². The molecule has 2 amide bonds. The fourth-order valence-corrected chi connectivity index (χ4v) is 1.09. The number of carbonyl (C=O) groups excluding carboxylic acids is 2. The lowest BCUT2D eigenvalue weighted by Gasteiger charge is -2.19. The molecule has 0 fully saturated rings. The van der Waals surface area contributed by atoms with Crippen molar-refractivity contribution in [2.24, 2.45) is 0 Å². The molecule has 3 atom stereocenters. The van der Waals surface area contributed by atoms with Crippen molar-refractivity contribution >= 4 is 18.0 Å². The molecule has 0 saturated heterocycles. The molecule has 18 heavy (non-hydrogen) atoms. The number of carbonyl (C=O) groups is 3. The predicted molar refractivity (Wildman–Crippen MR) is 60.9 cm³/mol. The molecular formula is C10H18N2O6. The van der Waals surface area contributed by atoms with Crippen molar-refractivity contribution in [1.82, 2.24) is 10.6 Å². The number of aliphatic carboxylic acids is 1. The topological polar surface area (TPSA) is 125 Å². The van der Waals surface area contributed by atoms with Crippen LogP contribution in [0.1, 0.15) is 20.8 Å². The minimum Gasteiger partial charge on any atom is -0.480 e. The Kier molecular flexibility index (Phi) is 6.73. The second-order valence-corrected chi connectivity index (χ2v) is 3.65. The number of ether oxygens (including phenoxy) is 1. The monoisotopic (exact) mass is 262 g/mol. The molecule has 0 aromatic heterocycles. The van der Waals surface area contributed by atoms with Gasteiger partial charge in [-0.1, -0.05) is 0 Å². The highest BCUT2D eigenvalue weighted by Gasteiger charge is 2.26. The van der Waals surface area contributed by atoms with E-state index in [2.05, 4.69) is 10.1 Å². The van der Waals surface area contributed by atoms with Crippen LogP contribution in [0.15, 0.2) is 0 Å². The first-order valence-electron chi connectivity index (χ1n) is 5.44. The number of amides is 2. The number of nitrogens with one attached hydrogen (secondary N) is 2. The van der Waals surface area contributed by atoms with E-state index < -0.39 is 36.2 Å². The first-order chi connectivity index (χ1) is 8.29. The second-order valence-electron chi connectivity index (χ2n) is 3.65. The second kappa shape index (κ2) is 7.49. The van der Waals surface area contributed by atoms with Crippen molar-refractivity contribution in [2.75, 3.05) is 6.61 Å². The minimum absolute atomic E-state index is 0.178. The Morgan fingerprint density at radius 2 is 1.78 bits per heavy atom. The number of esters is 1. The van der Waals surface area contributed by atoms with Gasteiger partial charge >= 0.3 is 18.0 Å². The number of aliphatic hydroxyl groups is 1. The zero-order valence-corrected chi connectivity index (χ0v) is 10.5. The lowest BCUT2D eigenvalue weighted by Crippen LogP contribution is -2.53. The normalized spacial score (nSPS) is 15.1. The number of hydrogen-bond acceptors (Lipinski definition) is 5. The third kappa shape index (κ3) is 5.48. The molecule has 0 aliphatic rings. The van der Waals surface area contributed by atoms with E-state index >= 15 is 0 Å². The van der Waals surface area contributed by atoms with Gasteiger partial charge in [-0.15, -0.1) is 0 Å². The Bertz CT molecular complexity index is 317. The summed E-state index contributed by atoms with van der Waals surface area (Å²) in [5.74, 6) is -2.00. The molecule has 0 radical (unpaired) electrons. The number of aliphatic hydroxyl groups excluding tert-OH is 1. The van der Waals surface area contributed by atoms with Gasteiger partial charge in [-0.05, 0) is 20.8 Å². The summed E-state index contributed by atoms with van der Waals surface area (Å²) in [6.45, 7) is 4.43. The fourth-order valence-electron chi connectivity index (χ4n) is 1.09. The summed E-state index contributed by atoms with van der Waals surface area (Å²) in [7, 11) is 0. The highest BCUT2D eigenvalue weighted by Crippen LogP contribution is 1.94. The lowest BCUT2D eigenvalue weighted by atomic mass is 10.2. The Morgan fingerprint density at radius 1 is 1.22 bits per heavy atom. The van der Waals surface area contributed by atoms with Gasteiger partial charge in [0.05, 0.1) is 12.7 Å². The molecule has 0 saturated carbocycles. The van der Waals surface area contributed by atoms with E-state index in [4.69, 9.17) is 10.2 Å². The number of rotatable bonds is 6. The molecule has 0 bridgehead atoms. The molecule has 8 heteroatoms. The van der Waals surface area contributed by atoms with Crippen LogP contribution in [0.5, 0.6) is 0 Å². The number of urea groups is 1. The molecule has 104 valence electrons. The van der Waals surface area contributed by atoms with E-state index in [0.717, 1.165) is 0 Å². The number of carboxylic acids is 1. The molecule has 0 spiro atoms. The summed E-state index contributed by atoms with van der Waals surface area (Å²) in [5, 5.41) is 22.1. The van der Waals surface area contributed by atoms with Crippen LogP contribution < -0.4 is 10.6 Å². The van der Waals surface area contributed by atoms with Crippen LogP contribution in [0, 0.1) is 0 Å². The van der Waals surface area contributed by atoms with Gasteiger partial charge in [-0.25, -0.2) is 14.4 Å². The van der Waals surface area contributed by atoms with Gasteiger partial charge < -0.3 is 25.6 Å². The highest BCUT2D eigenvalue weighted by atomic mass is 16.5. The van der Waals surface area contributed by atoms with Gasteiger partial charge in [0.1, 0.15) is 6.04 Å². The number of carboxylic acid groups (broad SMARTS) is 1. The predicted octanol–water partition coefficient (Wildman–Crippen LogP) is -0.929. The molecule has 0 rings (SSSR count). The van der Waals surface area contributed by atoms with E-state index in [-0.39, 0.29) is 6.61 Å². The molecule has 0 aliphatic carbocycles. The van der Waals surface area contributed by atoms with Crippen molar-refractivity contribution in [1.29, 1.82) is 0 Å². The highest BCUT2D eigenvalue weighted by molar-refractivity contribution is 5.86. The van der Waals surface area contributed by atoms with Gasteiger partial charge in [-0.3, -0.25) is 0 Å². The maximum Gasteiger partial charge on any atom is 0.328 e. The average molecular weight is 262 g/mol. The molecule has 0 aromatic carbocycles. The summed E-state index contributed by atoms with van der Waals surface area (Å²) < 4.78 is 4.66. The van der Waals surface area contributed by atoms with Crippen molar-refractivity contribution in [2.45, 2.75) is 39.0 Å². The SMILES string of the molecule is CCOC(=O)C(C)NC(=O)NC(C(=O)O)C(C)O. The van der Waals surface area contributed by atoms with Gasteiger partial charge in [0.15, 0.2) is 6.04 Å². The van der Waals surface area contributed by atoms with Crippen LogP contribution in [-0.2, 0) is 14.3 Å². The van der Waals surface area contributed by atoms with Crippen LogP contribution in [0.4, 0.5) is 4.79 Å². The van der Waals surface area contributed by atoms with Crippen molar-refractivity contribution in [3.63, 3.8) is 0 Å². The maximum atomic E-state index is 11.4. The summed E-state index contributed by atoms with van der Waals surface area (Å²) in [5.41, 5.74) is 0. The quantitative estimate of drug-likeness (QED) is 0.458. The zero-order chi connectivity index (χ0) is 14.3. The third-order valence-electron chi connectivity index (χ3n) is 2.02. The minimum atomic E-state index is -1.45. The smallest absolute Gasteiger partial charge is 0.328 e. The fraction of sp³-hybridized carbons (Fsp3) is 0.700. The van der Waals surface area contributed by atoms with Crippen LogP contribution in [0.25, 0.3) is 0 Å². The zero-order valence-electron chi connectivity index (χ0n) is 10.5. The van der Waals surface area contributed by atoms with Gasteiger partial charge in [0.25, 0.3) is 0 Å². The molecule has 0 aliphatic heterocycles. The van der Waals surface area contributed by atoms with Gasteiger partial charge in [0, 0.05) is 0 Å². The standard InChI is InChI=1S/C10H18N2O6/c1-4-18-9(16)5(2)11-10(17)12-7(6(3)13)8(14)15/h5-7,13H,4H2,1-3H3,(H,14,15)(H2,11,12,17). The third-order valence-corrected chi connectivity index (χ3v) is 2.02. The van der Waals surface area contributed by atoms with E-state index in [1.54, 1.807) is 6.92 Å². The number of hydrogen-bond donors (Lipinski definition) is 4. The lowest BCUT2D eigenvalue weighted by molar-refractivity contribution is -0.144. The van der Waals surface area contributed by atoms with E-state index in [0.29, 0.717) is 0 Å². The summed E-state index contributed by atoms with van der Waals surface area (Å²) in [6, 6.07) is -3.23. The first kappa shape index (κ1) is 16.2. The molecule has 8 nitrogen and oxygen atoms in total. The van der Waals surface area contributed by atoms with Gasteiger partial charge in [0.2, 0.25) is 0 Å². The largest absolute Gasteiger partial charge is 0.480 e. The molecule has 0 heterocycles. The Balaban J connectivity index is 4.33. The van der Waals surface area contributed by atoms with Gasteiger partial charge in [-0.2, -0.15) is 0 Å². The summed E-state index contributed by atoms with van der Waals surface area (Å²) >= 11 is 0. The summed E-state index contributed by atoms with van der Waals surface area (Å²) in [6.07, 6.45) is -1.26. The van der Waals surface area contributed by atoms with E-state index in [1.807, 2.05) is 5.32 Å².